The highest BCUT2D eigenvalue weighted by atomic mass is 32.1. The predicted octanol–water partition coefficient (Wildman–Crippen LogP) is 2.71. The van der Waals surface area contributed by atoms with Crippen LogP contribution < -0.4 is 14.9 Å². The zero-order valence-corrected chi connectivity index (χ0v) is 14.6. The average Bonchev–Trinajstić information content (AvgIpc) is 3.02. The number of methoxy groups -OCH3 is 2. The van der Waals surface area contributed by atoms with E-state index in [1.54, 1.807) is 18.7 Å². The van der Waals surface area contributed by atoms with E-state index in [1.807, 2.05) is 25.1 Å². The molecule has 0 atom stereocenters. The maximum atomic E-state index is 11.2. The van der Waals surface area contributed by atoms with E-state index < -0.39 is 0 Å². The Morgan fingerprint density at radius 3 is 2.92 bits per heavy atom. The normalized spacial score (nSPS) is 10.6. The number of ether oxygens (including phenoxy) is 3. The van der Waals surface area contributed by atoms with E-state index in [0.29, 0.717) is 28.9 Å². The molecule has 1 N–H and O–H groups in total. The van der Waals surface area contributed by atoms with Gasteiger partial charge in [-0.15, -0.1) is 11.3 Å². The van der Waals surface area contributed by atoms with Crippen molar-refractivity contribution in [1.82, 2.24) is 4.98 Å². The van der Waals surface area contributed by atoms with Gasteiger partial charge >= 0.3 is 5.97 Å². The Kier molecular flexibility index (Phi) is 6.56. The lowest BCUT2D eigenvalue weighted by Crippen LogP contribution is -2.04. The van der Waals surface area contributed by atoms with Crippen molar-refractivity contribution < 1.29 is 19.0 Å². The third-order valence-corrected chi connectivity index (χ3v) is 3.76. The summed E-state index contributed by atoms with van der Waals surface area (Å²) in [4.78, 5) is 15.4. The highest BCUT2D eigenvalue weighted by Gasteiger charge is 2.07. The van der Waals surface area contributed by atoms with E-state index in [9.17, 15) is 4.79 Å². The molecule has 8 heteroatoms. The fourth-order valence-electron chi connectivity index (χ4n) is 1.86. The molecule has 2 rings (SSSR count). The number of carbonyl (C=O) groups is 1. The van der Waals surface area contributed by atoms with Crippen LogP contribution in [0.4, 0.5) is 5.13 Å². The first kappa shape index (κ1) is 17.7. The molecule has 0 bridgehead atoms. The molecule has 2 aromatic rings. The molecule has 0 fully saturated rings. The summed E-state index contributed by atoms with van der Waals surface area (Å²) in [7, 11) is 2.95. The van der Waals surface area contributed by atoms with E-state index in [0.717, 1.165) is 5.56 Å². The van der Waals surface area contributed by atoms with Crippen LogP contribution in [0.5, 0.6) is 11.5 Å². The third-order valence-electron chi connectivity index (χ3n) is 2.97. The van der Waals surface area contributed by atoms with Gasteiger partial charge in [0.25, 0.3) is 0 Å². The number of thiazole rings is 1. The average molecular weight is 349 g/mol. The maximum Gasteiger partial charge on any atom is 0.311 e. The number of carbonyl (C=O) groups excluding carboxylic acids is 1. The van der Waals surface area contributed by atoms with Crippen molar-refractivity contribution in [2.24, 2.45) is 5.10 Å². The molecule has 1 heterocycles. The Labute approximate surface area is 144 Å². The molecule has 0 radical (unpaired) electrons. The first-order chi connectivity index (χ1) is 11.7. The molecule has 0 amide bonds. The first-order valence-electron chi connectivity index (χ1n) is 7.27. The number of esters is 1. The zero-order valence-electron chi connectivity index (χ0n) is 13.7. The number of benzene rings is 1. The molecule has 0 unspecified atom stereocenters. The van der Waals surface area contributed by atoms with Crippen molar-refractivity contribution in [3.05, 3.63) is 34.8 Å². The fourth-order valence-corrected chi connectivity index (χ4v) is 2.52. The van der Waals surface area contributed by atoms with E-state index in [2.05, 4.69) is 20.2 Å². The van der Waals surface area contributed by atoms with Crippen LogP contribution in [0.2, 0.25) is 0 Å². The molecular weight excluding hydrogens is 330 g/mol. The van der Waals surface area contributed by atoms with Crippen molar-refractivity contribution in [1.29, 1.82) is 0 Å². The molecule has 0 aliphatic carbocycles. The van der Waals surface area contributed by atoms with Gasteiger partial charge in [0, 0.05) is 5.38 Å². The molecule has 0 aliphatic heterocycles. The number of anilines is 1. The van der Waals surface area contributed by atoms with Gasteiger partial charge in [-0.2, -0.15) is 5.10 Å². The number of hydrogen-bond donors (Lipinski definition) is 1. The monoisotopic (exact) mass is 349 g/mol. The highest BCUT2D eigenvalue weighted by molar-refractivity contribution is 7.13. The molecule has 1 aromatic carbocycles. The second kappa shape index (κ2) is 8.88. The van der Waals surface area contributed by atoms with Crippen LogP contribution in [0.3, 0.4) is 0 Å². The van der Waals surface area contributed by atoms with E-state index in [1.165, 1.54) is 18.4 Å². The van der Waals surface area contributed by atoms with Crippen molar-refractivity contribution in [3.63, 3.8) is 0 Å². The second-order valence-electron chi connectivity index (χ2n) is 4.61. The first-order valence-corrected chi connectivity index (χ1v) is 8.15. The number of aromatic nitrogens is 1. The van der Waals surface area contributed by atoms with Gasteiger partial charge in [0.1, 0.15) is 0 Å². The van der Waals surface area contributed by atoms with Crippen molar-refractivity contribution in [2.75, 3.05) is 26.3 Å². The topological polar surface area (TPSA) is 82.0 Å². The molecule has 0 saturated heterocycles. The zero-order chi connectivity index (χ0) is 17.4. The molecule has 128 valence electrons. The predicted molar refractivity (Wildman–Crippen MR) is 93.2 cm³/mol. The minimum absolute atomic E-state index is 0.147. The van der Waals surface area contributed by atoms with Gasteiger partial charge in [0.15, 0.2) is 11.5 Å². The highest BCUT2D eigenvalue weighted by Crippen LogP contribution is 2.27. The molecule has 0 saturated carbocycles. The number of hydrogen-bond acceptors (Lipinski definition) is 8. The van der Waals surface area contributed by atoms with E-state index >= 15 is 0 Å². The molecule has 0 spiro atoms. The van der Waals surface area contributed by atoms with Crippen LogP contribution in [0.25, 0.3) is 0 Å². The largest absolute Gasteiger partial charge is 0.493 e. The lowest BCUT2D eigenvalue weighted by atomic mass is 10.2. The molecule has 7 nitrogen and oxygen atoms in total. The molecular formula is C16H19N3O4S. The Balaban J connectivity index is 1.98. The third kappa shape index (κ3) is 4.95. The summed E-state index contributed by atoms with van der Waals surface area (Å²) in [6, 6.07) is 5.54. The van der Waals surface area contributed by atoms with E-state index in [4.69, 9.17) is 9.47 Å². The second-order valence-corrected chi connectivity index (χ2v) is 5.47. The van der Waals surface area contributed by atoms with Crippen LogP contribution >= 0.6 is 11.3 Å². The summed E-state index contributed by atoms with van der Waals surface area (Å²) in [5.41, 5.74) is 4.34. The maximum absolute atomic E-state index is 11.2. The Bertz CT molecular complexity index is 715. The van der Waals surface area contributed by atoms with Crippen molar-refractivity contribution in [3.8, 4) is 11.5 Å². The van der Waals surface area contributed by atoms with Gasteiger partial charge in [-0.3, -0.25) is 10.2 Å². The van der Waals surface area contributed by atoms with E-state index in [-0.39, 0.29) is 12.4 Å². The van der Waals surface area contributed by atoms with Gasteiger partial charge in [0.2, 0.25) is 5.13 Å². The van der Waals surface area contributed by atoms with Gasteiger partial charge < -0.3 is 14.2 Å². The number of nitrogens with one attached hydrogen (secondary N) is 1. The fraction of sp³-hybridized carbons (Fsp3) is 0.312. The standard InChI is InChI=1S/C16H19N3O4S/c1-4-23-14-7-11(5-6-13(14)21-2)9-17-19-16-18-12(10-24-16)8-15(20)22-3/h5-7,9-10H,4,8H2,1-3H3,(H,18,19)/b17-9-. The van der Waals surface area contributed by atoms with Gasteiger partial charge in [0.05, 0.1) is 39.2 Å². The summed E-state index contributed by atoms with van der Waals surface area (Å²) in [6.45, 7) is 2.47. The summed E-state index contributed by atoms with van der Waals surface area (Å²) >= 11 is 1.37. The number of hydrazone groups is 1. The molecule has 24 heavy (non-hydrogen) atoms. The SMILES string of the molecule is CCOc1cc(/C=N\Nc2nc(CC(=O)OC)cs2)ccc1OC. The smallest absolute Gasteiger partial charge is 0.311 e. The molecule has 0 aliphatic rings. The molecule has 1 aromatic heterocycles. The summed E-state index contributed by atoms with van der Waals surface area (Å²) in [5, 5.41) is 6.53. The quantitative estimate of drug-likeness (QED) is 0.448. The summed E-state index contributed by atoms with van der Waals surface area (Å²) < 4.78 is 15.4. The van der Waals surface area contributed by atoms with Gasteiger partial charge in [-0.1, -0.05) is 0 Å². The summed E-state index contributed by atoms with van der Waals surface area (Å²) in [6.07, 6.45) is 1.80. The number of rotatable bonds is 8. The van der Waals surface area contributed by atoms with Crippen LogP contribution in [-0.2, 0) is 16.0 Å². The Morgan fingerprint density at radius 2 is 2.21 bits per heavy atom. The van der Waals surface area contributed by atoms with Crippen LogP contribution in [0.15, 0.2) is 28.7 Å². The van der Waals surface area contributed by atoms with Crippen molar-refractivity contribution >= 4 is 28.7 Å². The lowest BCUT2D eigenvalue weighted by Gasteiger charge is -2.09. The minimum Gasteiger partial charge on any atom is -0.493 e. The Morgan fingerprint density at radius 1 is 1.38 bits per heavy atom. The Hall–Kier alpha value is -2.61. The summed E-state index contributed by atoms with van der Waals surface area (Å²) in [5.74, 6) is 1.02. The van der Waals surface area contributed by atoms with Crippen LogP contribution in [-0.4, -0.2) is 38.0 Å². The number of nitrogens with zero attached hydrogens (tertiary/aromatic N) is 2. The van der Waals surface area contributed by atoms with Crippen molar-refractivity contribution in [2.45, 2.75) is 13.3 Å². The van der Waals surface area contributed by atoms with Crippen LogP contribution in [0.1, 0.15) is 18.2 Å². The van der Waals surface area contributed by atoms with Crippen LogP contribution in [0, 0.1) is 0 Å². The van der Waals surface area contributed by atoms with Gasteiger partial charge in [-0.25, -0.2) is 4.98 Å². The van der Waals surface area contributed by atoms with Gasteiger partial charge in [-0.05, 0) is 30.7 Å². The lowest BCUT2D eigenvalue weighted by molar-refractivity contribution is -0.139. The minimum atomic E-state index is -0.322.